The highest BCUT2D eigenvalue weighted by Crippen LogP contribution is 2.30. The smallest absolute Gasteiger partial charge is 0.114 e. The van der Waals surface area contributed by atoms with Gasteiger partial charge < -0.3 is 4.90 Å². The van der Waals surface area contributed by atoms with E-state index in [-0.39, 0.29) is 12.1 Å². The molecule has 4 nitrogen and oxygen atoms in total. The first-order valence-corrected chi connectivity index (χ1v) is 8.59. The number of nitrogens with zero attached hydrogens (tertiary/aromatic N) is 4. The van der Waals surface area contributed by atoms with Crippen molar-refractivity contribution in [2.75, 3.05) is 27.2 Å². The van der Waals surface area contributed by atoms with E-state index in [0.717, 1.165) is 35.2 Å². The molecule has 0 bridgehead atoms. The van der Waals surface area contributed by atoms with Gasteiger partial charge in [0.25, 0.3) is 0 Å². The van der Waals surface area contributed by atoms with Crippen LogP contribution in [-0.2, 0) is 0 Å². The quantitative estimate of drug-likeness (QED) is 0.833. The Morgan fingerprint density at radius 2 is 1.88 bits per heavy atom. The van der Waals surface area contributed by atoms with Crippen LogP contribution in [0.3, 0.4) is 0 Å². The van der Waals surface area contributed by atoms with E-state index in [9.17, 15) is 0 Å². The van der Waals surface area contributed by atoms with E-state index in [1.54, 1.807) is 0 Å². The largest absolute Gasteiger partial charge is 0.342 e. The van der Waals surface area contributed by atoms with Crippen molar-refractivity contribution in [3.63, 3.8) is 0 Å². The summed E-state index contributed by atoms with van der Waals surface area (Å²) in [5.74, 6) is 1.10. The fourth-order valence-corrected chi connectivity index (χ4v) is 3.17. The molecule has 3 rings (SSSR count). The van der Waals surface area contributed by atoms with Crippen molar-refractivity contribution in [2.45, 2.75) is 19.0 Å². The molecule has 0 N–H and O–H groups in total. The molecule has 24 heavy (non-hydrogen) atoms. The van der Waals surface area contributed by atoms with Crippen LogP contribution in [0.4, 0.5) is 0 Å². The van der Waals surface area contributed by atoms with Gasteiger partial charge in [-0.3, -0.25) is 14.9 Å². The topological polar surface area (TPSA) is 31.7 Å². The van der Waals surface area contributed by atoms with Gasteiger partial charge >= 0.3 is 0 Å². The van der Waals surface area contributed by atoms with Gasteiger partial charge in [-0.1, -0.05) is 29.8 Å². The lowest BCUT2D eigenvalue weighted by Crippen LogP contribution is -2.46. The maximum Gasteiger partial charge on any atom is 0.114 e. The van der Waals surface area contributed by atoms with E-state index in [0.29, 0.717) is 0 Å². The number of amidine groups is 1. The lowest BCUT2D eigenvalue weighted by atomic mass is 9.93. The van der Waals surface area contributed by atoms with Crippen LogP contribution in [0.2, 0.25) is 5.02 Å². The van der Waals surface area contributed by atoms with Crippen molar-refractivity contribution in [1.29, 1.82) is 0 Å². The van der Waals surface area contributed by atoms with Gasteiger partial charge in [0.1, 0.15) is 5.84 Å². The summed E-state index contributed by atoms with van der Waals surface area (Å²) in [7, 11) is 4.19. The second-order valence-corrected chi connectivity index (χ2v) is 6.70. The monoisotopic (exact) mass is 342 g/mol. The van der Waals surface area contributed by atoms with E-state index in [1.807, 2.05) is 30.5 Å². The van der Waals surface area contributed by atoms with Gasteiger partial charge in [0.15, 0.2) is 0 Å². The maximum absolute atomic E-state index is 6.08. The normalized spacial score (nSPS) is 17.0. The summed E-state index contributed by atoms with van der Waals surface area (Å²) in [5.41, 5.74) is 2.17. The summed E-state index contributed by atoms with van der Waals surface area (Å²) >= 11 is 6.08. The van der Waals surface area contributed by atoms with E-state index in [4.69, 9.17) is 16.6 Å². The predicted molar refractivity (Wildman–Crippen MR) is 99.7 cm³/mol. The Morgan fingerprint density at radius 3 is 2.50 bits per heavy atom. The standard InChI is InChI=1S/C19H23ClN4/c1-14(23(2)3)24-13-12-22-19(24)18(17-6-4-5-11-21-17)15-7-9-16(20)10-8-15/h4-11,14,18H,12-13H2,1-3H3. The molecule has 2 aromatic rings. The fourth-order valence-electron chi connectivity index (χ4n) is 3.05. The molecule has 0 saturated heterocycles. The Labute approximate surface area is 148 Å². The van der Waals surface area contributed by atoms with Gasteiger partial charge in [-0.2, -0.15) is 0 Å². The summed E-state index contributed by atoms with van der Waals surface area (Å²) in [6.45, 7) is 3.97. The zero-order valence-corrected chi connectivity index (χ0v) is 15.1. The Kier molecular flexibility index (Phi) is 5.17. The van der Waals surface area contributed by atoms with E-state index >= 15 is 0 Å². The van der Waals surface area contributed by atoms with E-state index in [2.05, 4.69) is 54.0 Å². The van der Waals surface area contributed by atoms with Crippen molar-refractivity contribution < 1.29 is 0 Å². The fraction of sp³-hybridized carbons (Fsp3) is 0.368. The second-order valence-electron chi connectivity index (χ2n) is 6.27. The molecule has 1 aliphatic rings. The first-order valence-electron chi connectivity index (χ1n) is 8.21. The summed E-state index contributed by atoms with van der Waals surface area (Å²) in [4.78, 5) is 14.0. The van der Waals surface area contributed by atoms with Gasteiger partial charge in [0, 0.05) is 17.8 Å². The molecule has 5 heteroatoms. The lowest BCUT2D eigenvalue weighted by Gasteiger charge is -2.35. The highest BCUT2D eigenvalue weighted by molar-refractivity contribution is 6.30. The minimum atomic E-state index is 0.0216. The molecule has 1 aliphatic heterocycles. The van der Waals surface area contributed by atoms with Gasteiger partial charge in [0.2, 0.25) is 0 Å². The molecule has 2 atom stereocenters. The van der Waals surface area contributed by atoms with Crippen LogP contribution in [-0.4, -0.2) is 54.0 Å². The van der Waals surface area contributed by atoms with Crippen molar-refractivity contribution >= 4 is 17.4 Å². The molecule has 126 valence electrons. The predicted octanol–water partition coefficient (Wildman–Crippen LogP) is 3.49. The molecule has 0 radical (unpaired) electrons. The number of hydrogen-bond donors (Lipinski definition) is 0. The molecular weight excluding hydrogens is 320 g/mol. The Hall–Kier alpha value is -1.91. The molecule has 0 saturated carbocycles. The van der Waals surface area contributed by atoms with Crippen LogP contribution >= 0.6 is 11.6 Å². The molecule has 2 heterocycles. The van der Waals surface area contributed by atoms with Gasteiger partial charge in [-0.15, -0.1) is 0 Å². The zero-order chi connectivity index (χ0) is 17.1. The second kappa shape index (κ2) is 7.32. The van der Waals surface area contributed by atoms with Crippen molar-refractivity contribution in [2.24, 2.45) is 4.99 Å². The number of rotatable bonds is 5. The van der Waals surface area contributed by atoms with Crippen LogP contribution in [0.15, 0.2) is 53.7 Å². The zero-order valence-electron chi connectivity index (χ0n) is 14.4. The summed E-state index contributed by atoms with van der Waals surface area (Å²) in [5, 5.41) is 0.741. The average molecular weight is 343 g/mol. The third-order valence-corrected chi connectivity index (χ3v) is 4.80. The van der Waals surface area contributed by atoms with Crippen molar-refractivity contribution in [1.82, 2.24) is 14.8 Å². The Balaban J connectivity index is 2.03. The number of aliphatic imine (C=N–C) groups is 1. The van der Waals surface area contributed by atoms with E-state index < -0.39 is 0 Å². The molecule has 0 spiro atoms. The molecule has 0 fully saturated rings. The number of hydrogen-bond acceptors (Lipinski definition) is 4. The summed E-state index contributed by atoms with van der Waals surface area (Å²) in [6.07, 6.45) is 2.12. The average Bonchev–Trinajstić information content (AvgIpc) is 3.06. The van der Waals surface area contributed by atoms with Crippen LogP contribution in [0.1, 0.15) is 24.1 Å². The molecule has 0 aliphatic carbocycles. The van der Waals surface area contributed by atoms with Gasteiger partial charge in [-0.25, -0.2) is 0 Å². The molecule has 2 unspecified atom stereocenters. The molecule has 0 amide bonds. The third-order valence-electron chi connectivity index (χ3n) is 4.55. The minimum absolute atomic E-state index is 0.0216. The van der Waals surface area contributed by atoms with Crippen LogP contribution in [0.25, 0.3) is 0 Å². The Morgan fingerprint density at radius 1 is 1.12 bits per heavy atom. The molecular formula is C19H23ClN4. The number of benzene rings is 1. The summed E-state index contributed by atoms with van der Waals surface area (Å²) < 4.78 is 0. The number of pyridine rings is 1. The first kappa shape index (κ1) is 16.9. The minimum Gasteiger partial charge on any atom is -0.342 e. The number of halogens is 1. The van der Waals surface area contributed by atoms with Gasteiger partial charge in [-0.05, 0) is 50.8 Å². The van der Waals surface area contributed by atoms with Crippen molar-refractivity contribution in [3.8, 4) is 0 Å². The first-order chi connectivity index (χ1) is 11.6. The highest BCUT2D eigenvalue weighted by Gasteiger charge is 2.32. The van der Waals surface area contributed by atoms with Crippen molar-refractivity contribution in [3.05, 3.63) is 64.9 Å². The van der Waals surface area contributed by atoms with Crippen LogP contribution in [0.5, 0.6) is 0 Å². The van der Waals surface area contributed by atoms with E-state index in [1.165, 1.54) is 0 Å². The Bertz CT molecular complexity index is 697. The number of aromatic nitrogens is 1. The third kappa shape index (κ3) is 3.45. The van der Waals surface area contributed by atoms with Gasteiger partial charge in [0.05, 0.1) is 24.3 Å². The molecule has 1 aromatic carbocycles. The highest BCUT2D eigenvalue weighted by atomic mass is 35.5. The SMILES string of the molecule is CC(N(C)C)N1CCN=C1C(c1ccc(Cl)cc1)c1ccccn1. The van der Waals surface area contributed by atoms with Crippen LogP contribution < -0.4 is 0 Å². The summed E-state index contributed by atoms with van der Waals surface area (Å²) in [6, 6.07) is 14.0. The van der Waals surface area contributed by atoms with Crippen LogP contribution in [0, 0.1) is 0 Å². The maximum atomic E-state index is 6.08. The lowest BCUT2D eigenvalue weighted by molar-refractivity contribution is 0.169. The molecule has 1 aromatic heterocycles.